The van der Waals surface area contributed by atoms with Crippen LogP contribution in [0.15, 0.2) is 0 Å². The van der Waals surface area contributed by atoms with Crippen molar-refractivity contribution in [3.63, 3.8) is 0 Å². The number of rotatable bonds is 7. The fraction of sp³-hybridized carbons (Fsp3) is 0.769. The molecule has 98 valence electrons. The lowest BCUT2D eigenvalue weighted by molar-refractivity contribution is 0.486. The third-order valence-electron chi connectivity index (χ3n) is 3.18. The number of nitrogens with one attached hydrogen (secondary N) is 1. The summed E-state index contributed by atoms with van der Waals surface area (Å²) in [4.78, 5) is 0. The number of hydrogen-bond donors (Lipinski definition) is 1. The van der Waals surface area contributed by atoms with Crippen LogP contribution in [0.2, 0.25) is 5.02 Å². The maximum absolute atomic E-state index is 6.33. The molecule has 1 atom stereocenters. The summed E-state index contributed by atoms with van der Waals surface area (Å²) in [5.41, 5.74) is 2.13. The molecular formula is C13H24ClN3. The van der Waals surface area contributed by atoms with E-state index in [-0.39, 0.29) is 0 Å². The molecule has 4 heteroatoms. The molecule has 0 saturated heterocycles. The Morgan fingerprint density at radius 1 is 1.35 bits per heavy atom. The van der Waals surface area contributed by atoms with Crippen molar-refractivity contribution in [3.05, 3.63) is 16.4 Å². The largest absolute Gasteiger partial charge is 0.311 e. The van der Waals surface area contributed by atoms with Gasteiger partial charge in [-0.2, -0.15) is 5.10 Å². The van der Waals surface area contributed by atoms with Crippen LogP contribution in [0.4, 0.5) is 0 Å². The SMILES string of the molecule is CCc1nn(CC)c(CNCC(C)CC)c1Cl. The van der Waals surface area contributed by atoms with E-state index in [1.807, 2.05) is 4.68 Å². The molecule has 1 aromatic rings. The van der Waals surface area contributed by atoms with E-state index in [0.717, 1.165) is 42.5 Å². The van der Waals surface area contributed by atoms with E-state index in [0.29, 0.717) is 5.92 Å². The molecule has 0 fully saturated rings. The van der Waals surface area contributed by atoms with Crippen LogP contribution in [0, 0.1) is 5.92 Å². The van der Waals surface area contributed by atoms with Gasteiger partial charge in [0.25, 0.3) is 0 Å². The van der Waals surface area contributed by atoms with Gasteiger partial charge < -0.3 is 5.32 Å². The zero-order valence-electron chi connectivity index (χ0n) is 11.4. The van der Waals surface area contributed by atoms with Crippen molar-refractivity contribution in [1.29, 1.82) is 0 Å². The Morgan fingerprint density at radius 2 is 2.06 bits per heavy atom. The average Bonchev–Trinajstić information content (AvgIpc) is 2.65. The van der Waals surface area contributed by atoms with Crippen molar-refractivity contribution < 1.29 is 0 Å². The monoisotopic (exact) mass is 257 g/mol. The molecular weight excluding hydrogens is 234 g/mol. The van der Waals surface area contributed by atoms with E-state index in [9.17, 15) is 0 Å². The summed E-state index contributed by atoms with van der Waals surface area (Å²) in [6.07, 6.45) is 2.10. The first-order valence-corrected chi connectivity index (χ1v) is 6.96. The molecule has 0 aromatic carbocycles. The molecule has 0 radical (unpaired) electrons. The second-order valence-corrected chi connectivity index (χ2v) is 4.90. The highest BCUT2D eigenvalue weighted by atomic mass is 35.5. The van der Waals surface area contributed by atoms with Crippen LogP contribution in [0.25, 0.3) is 0 Å². The Balaban J connectivity index is 2.66. The van der Waals surface area contributed by atoms with Crippen LogP contribution in [-0.2, 0) is 19.5 Å². The lowest BCUT2D eigenvalue weighted by Crippen LogP contribution is -2.22. The zero-order chi connectivity index (χ0) is 12.8. The predicted octanol–water partition coefficient (Wildman–Crippen LogP) is 3.25. The van der Waals surface area contributed by atoms with E-state index in [1.54, 1.807) is 0 Å². The standard InChI is InChI=1S/C13H24ClN3/c1-5-10(4)8-15-9-12-13(14)11(6-2)16-17(12)7-3/h10,15H,5-9H2,1-4H3. The number of aryl methyl sites for hydroxylation is 2. The molecule has 3 nitrogen and oxygen atoms in total. The first-order chi connectivity index (χ1) is 8.13. The molecule has 1 N–H and O–H groups in total. The van der Waals surface area contributed by atoms with Crippen LogP contribution in [-0.4, -0.2) is 16.3 Å². The van der Waals surface area contributed by atoms with Crippen LogP contribution < -0.4 is 5.32 Å². The summed E-state index contributed by atoms with van der Waals surface area (Å²) >= 11 is 6.33. The van der Waals surface area contributed by atoms with E-state index in [2.05, 4.69) is 38.1 Å². The fourth-order valence-electron chi connectivity index (χ4n) is 1.77. The van der Waals surface area contributed by atoms with Gasteiger partial charge in [-0.3, -0.25) is 4.68 Å². The molecule has 0 aliphatic heterocycles. The number of aromatic nitrogens is 2. The topological polar surface area (TPSA) is 29.9 Å². The highest BCUT2D eigenvalue weighted by Gasteiger charge is 2.13. The van der Waals surface area contributed by atoms with Gasteiger partial charge in [0.15, 0.2) is 0 Å². The summed E-state index contributed by atoms with van der Waals surface area (Å²) in [6.45, 7) is 11.4. The van der Waals surface area contributed by atoms with E-state index >= 15 is 0 Å². The van der Waals surface area contributed by atoms with Crippen molar-refractivity contribution in [2.45, 2.75) is 53.6 Å². The first-order valence-electron chi connectivity index (χ1n) is 6.58. The Kier molecular flexibility index (Phi) is 6.00. The molecule has 0 aliphatic carbocycles. The minimum absolute atomic E-state index is 0.706. The normalized spacial score (nSPS) is 13.0. The van der Waals surface area contributed by atoms with E-state index in [4.69, 9.17) is 11.6 Å². The summed E-state index contributed by atoms with van der Waals surface area (Å²) in [7, 11) is 0. The average molecular weight is 258 g/mol. The van der Waals surface area contributed by atoms with Gasteiger partial charge in [0, 0.05) is 13.1 Å². The predicted molar refractivity (Wildman–Crippen MR) is 73.5 cm³/mol. The molecule has 0 bridgehead atoms. The lowest BCUT2D eigenvalue weighted by Gasteiger charge is -2.11. The second-order valence-electron chi connectivity index (χ2n) is 4.52. The summed E-state index contributed by atoms with van der Waals surface area (Å²) in [6, 6.07) is 0. The second kappa shape index (κ2) is 7.02. The Morgan fingerprint density at radius 3 is 2.59 bits per heavy atom. The summed E-state index contributed by atoms with van der Waals surface area (Å²) in [5, 5.41) is 8.81. The van der Waals surface area contributed by atoms with Gasteiger partial charge in [-0.1, -0.05) is 38.8 Å². The Bertz CT molecular complexity index is 347. The lowest BCUT2D eigenvalue weighted by atomic mass is 10.1. The number of nitrogens with zero attached hydrogens (tertiary/aromatic N) is 2. The van der Waals surface area contributed by atoms with Gasteiger partial charge in [-0.05, 0) is 25.8 Å². The molecule has 0 amide bonds. The number of halogens is 1. The van der Waals surface area contributed by atoms with Crippen molar-refractivity contribution in [2.24, 2.45) is 5.92 Å². The van der Waals surface area contributed by atoms with Gasteiger partial charge in [0.1, 0.15) is 0 Å². The van der Waals surface area contributed by atoms with Gasteiger partial charge in [0.2, 0.25) is 0 Å². The third kappa shape index (κ3) is 3.71. The highest BCUT2D eigenvalue weighted by molar-refractivity contribution is 6.31. The third-order valence-corrected chi connectivity index (χ3v) is 3.61. The maximum atomic E-state index is 6.33. The molecule has 0 saturated carbocycles. The van der Waals surface area contributed by atoms with Crippen LogP contribution >= 0.6 is 11.6 Å². The molecule has 1 heterocycles. The van der Waals surface area contributed by atoms with Crippen molar-refractivity contribution in [3.8, 4) is 0 Å². The van der Waals surface area contributed by atoms with E-state index < -0.39 is 0 Å². The zero-order valence-corrected chi connectivity index (χ0v) is 12.1. The summed E-state index contributed by atoms with van der Waals surface area (Å²) < 4.78 is 2.00. The smallest absolute Gasteiger partial charge is 0.0863 e. The van der Waals surface area contributed by atoms with E-state index in [1.165, 1.54) is 6.42 Å². The van der Waals surface area contributed by atoms with Crippen LogP contribution in [0.1, 0.15) is 45.5 Å². The quantitative estimate of drug-likeness (QED) is 0.813. The fourth-order valence-corrected chi connectivity index (χ4v) is 2.10. The van der Waals surface area contributed by atoms with Crippen LogP contribution in [0.5, 0.6) is 0 Å². The van der Waals surface area contributed by atoms with Gasteiger partial charge >= 0.3 is 0 Å². The molecule has 0 spiro atoms. The van der Waals surface area contributed by atoms with Gasteiger partial charge in [0.05, 0.1) is 16.4 Å². The first kappa shape index (κ1) is 14.5. The minimum Gasteiger partial charge on any atom is -0.311 e. The molecule has 1 aromatic heterocycles. The van der Waals surface area contributed by atoms with Crippen molar-refractivity contribution in [2.75, 3.05) is 6.54 Å². The molecule has 0 aliphatic rings. The molecule has 17 heavy (non-hydrogen) atoms. The van der Waals surface area contributed by atoms with Crippen molar-refractivity contribution in [1.82, 2.24) is 15.1 Å². The Labute approximate surface area is 110 Å². The summed E-state index contributed by atoms with van der Waals surface area (Å²) in [5.74, 6) is 0.706. The molecule has 1 rings (SSSR count). The maximum Gasteiger partial charge on any atom is 0.0863 e. The minimum atomic E-state index is 0.706. The van der Waals surface area contributed by atoms with Gasteiger partial charge in [-0.25, -0.2) is 0 Å². The number of hydrogen-bond acceptors (Lipinski definition) is 2. The molecule has 1 unspecified atom stereocenters. The highest BCUT2D eigenvalue weighted by Crippen LogP contribution is 2.21. The van der Waals surface area contributed by atoms with Crippen LogP contribution in [0.3, 0.4) is 0 Å². The van der Waals surface area contributed by atoms with Crippen molar-refractivity contribution >= 4 is 11.6 Å². The van der Waals surface area contributed by atoms with Gasteiger partial charge in [-0.15, -0.1) is 0 Å². The Hall–Kier alpha value is -0.540.